The minimum absolute atomic E-state index is 0.122. The van der Waals surface area contributed by atoms with Gasteiger partial charge < -0.3 is 4.74 Å². The molecule has 3 aromatic carbocycles. The molecule has 0 aliphatic carbocycles. The van der Waals surface area contributed by atoms with Crippen molar-refractivity contribution < 1.29 is 13.9 Å². The highest BCUT2D eigenvalue weighted by atomic mass is 19.1. The Hall–Kier alpha value is -4.20. The first-order chi connectivity index (χ1) is 16.7. The molecule has 0 bridgehead atoms. The van der Waals surface area contributed by atoms with Crippen LogP contribution < -0.4 is 9.75 Å². The van der Waals surface area contributed by atoms with E-state index < -0.39 is 5.41 Å². The number of aliphatic imine (C=N–C) groups is 1. The van der Waals surface area contributed by atoms with Crippen LogP contribution in [-0.2, 0) is 4.79 Å². The number of amidine groups is 1. The number of halogens is 1. The van der Waals surface area contributed by atoms with Crippen molar-refractivity contribution in [1.29, 1.82) is 0 Å². The molecule has 0 heterocycles. The third-order valence-electron chi connectivity index (χ3n) is 4.92. The minimum atomic E-state index is -0.737. The van der Waals surface area contributed by atoms with E-state index in [-0.39, 0.29) is 17.6 Å². The van der Waals surface area contributed by atoms with Gasteiger partial charge >= 0.3 is 0 Å². The number of methoxy groups -OCH3 is 1. The number of nitrogens with zero attached hydrogens (tertiary/aromatic N) is 5. The van der Waals surface area contributed by atoms with Crippen LogP contribution in [-0.4, -0.2) is 31.6 Å². The fraction of sp³-hybridized carbons (Fsp3) is 0.222. The number of carbonyl (C=O) groups excluding carboxylic acids is 1. The number of hydrogen-bond acceptors (Lipinski definition) is 5. The first-order valence-electron chi connectivity index (χ1n) is 11.0. The summed E-state index contributed by atoms with van der Waals surface area (Å²) in [6.07, 6.45) is 0. The highest BCUT2D eigenvalue weighted by molar-refractivity contribution is 6.48. The third kappa shape index (κ3) is 6.66. The number of hydrogen-bond donors (Lipinski definition) is 0. The number of carbonyl (C=O) groups is 1. The molecule has 7 nitrogen and oxygen atoms in total. The zero-order valence-electron chi connectivity index (χ0n) is 20.4. The summed E-state index contributed by atoms with van der Waals surface area (Å²) in [7, 11) is 3.19. The topological polar surface area (TPSA) is 79.0 Å². The van der Waals surface area contributed by atoms with Crippen molar-refractivity contribution in [2.45, 2.75) is 20.8 Å². The van der Waals surface area contributed by atoms with Crippen LogP contribution in [0, 0.1) is 11.2 Å². The predicted octanol–water partition coefficient (Wildman–Crippen LogP) is 6.43. The maximum absolute atomic E-state index is 13.4. The van der Waals surface area contributed by atoms with Gasteiger partial charge in [0.15, 0.2) is 0 Å². The van der Waals surface area contributed by atoms with Gasteiger partial charge in [0.05, 0.1) is 18.5 Å². The van der Waals surface area contributed by atoms with Crippen LogP contribution in [0.25, 0.3) is 0 Å². The van der Waals surface area contributed by atoms with E-state index >= 15 is 0 Å². The van der Waals surface area contributed by atoms with Gasteiger partial charge in [0.25, 0.3) is 5.91 Å². The fourth-order valence-corrected chi connectivity index (χ4v) is 3.04. The van der Waals surface area contributed by atoms with Gasteiger partial charge in [0.1, 0.15) is 17.3 Å². The van der Waals surface area contributed by atoms with Gasteiger partial charge in [-0.2, -0.15) is 5.01 Å². The van der Waals surface area contributed by atoms with E-state index in [1.807, 2.05) is 51.1 Å². The largest absolute Gasteiger partial charge is 0.497 e. The summed E-state index contributed by atoms with van der Waals surface area (Å²) < 4.78 is 18.6. The number of azo groups is 1. The first kappa shape index (κ1) is 25.4. The molecule has 0 saturated carbocycles. The van der Waals surface area contributed by atoms with E-state index in [4.69, 9.17) is 4.74 Å². The minimum Gasteiger partial charge on any atom is -0.497 e. The Kier molecular flexibility index (Phi) is 8.20. The summed E-state index contributed by atoms with van der Waals surface area (Å²) in [5, 5.41) is 14.5. The van der Waals surface area contributed by atoms with Crippen molar-refractivity contribution in [3.8, 4) is 5.75 Å². The molecule has 0 atom stereocenters. The molecule has 0 radical (unpaired) electrons. The zero-order chi connectivity index (χ0) is 25.4. The summed E-state index contributed by atoms with van der Waals surface area (Å²) >= 11 is 0. The van der Waals surface area contributed by atoms with Crippen LogP contribution in [0.15, 0.2) is 99.2 Å². The van der Waals surface area contributed by atoms with E-state index in [0.717, 1.165) is 5.56 Å². The number of hydrazone groups is 1. The zero-order valence-corrected chi connectivity index (χ0v) is 20.4. The molecule has 0 N–H and O–H groups in total. The van der Waals surface area contributed by atoms with E-state index in [0.29, 0.717) is 22.8 Å². The molecule has 0 aliphatic heterocycles. The van der Waals surface area contributed by atoms with Crippen LogP contribution in [0.2, 0.25) is 0 Å². The molecular formula is C27H28FN5O2. The quantitative estimate of drug-likeness (QED) is 0.179. The standard InChI is InChI=1S/C27H28FN5O2/c1-27(2,3)26(34)33(22-15-17-23(35-5)18-16-22)32-25(24(29-4)19-9-7-6-8-10-19)31-30-21-13-11-20(28)12-14-21/h6-18H,1-5H3/b29-24?,31-30?,32-25-. The average molecular weight is 474 g/mol. The molecule has 0 saturated heterocycles. The molecular weight excluding hydrogens is 445 g/mol. The lowest BCUT2D eigenvalue weighted by molar-refractivity contribution is -0.125. The van der Waals surface area contributed by atoms with Gasteiger partial charge in [-0.1, -0.05) is 51.1 Å². The fourth-order valence-electron chi connectivity index (χ4n) is 3.04. The first-order valence-corrected chi connectivity index (χ1v) is 11.0. The normalized spacial score (nSPS) is 12.6. The molecule has 0 fully saturated rings. The molecule has 0 spiro atoms. The van der Waals surface area contributed by atoms with Crippen molar-refractivity contribution in [2.75, 3.05) is 19.2 Å². The monoisotopic (exact) mass is 473 g/mol. The summed E-state index contributed by atoms with van der Waals surface area (Å²) in [4.78, 5) is 17.8. The van der Waals surface area contributed by atoms with Gasteiger partial charge in [0, 0.05) is 18.0 Å². The molecule has 3 aromatic rings. The van der Waals surface area contributed by atoms with E-state index in [1.165, 1.54) is 29.3 Å². The number of benzene rings is 3. The highest BCUT2D eigenvalue weighted by Crippen LogP contribution is 2.26. The third-order valence-corrected chi connectivity index (χ3v) is 4.92. The molecule has 1 amide bonds. The van der Waals surface area contributed by atoms with Crippen molar-refractivity contribution in [1.82, 2.24) is 0 Å². The van der Waals surface area contributed by atoms with Crippen LogP contribution in [0.3, 0.4) is 0 Å². The molecule has 0 aromatic heterocycles. The molecule has 3 rings (SSSR count). The van der Waals surface area contributed by atoms with Gasteiger partial charge in [-0.25, -0.2) is 4.39 Å². The average Bonchev–Trinajstić information content (AvgIpc) is 2.86. The number of ether oxygens (including phenoxy) is 1. The van der Waals surface area contributed by atoms with Crippen LogP contribution >= 0.6 is 0 Å². The van der Waals surface area contributed by atoms with Gasteiger partial charge in [-0.05, 0) is 48.5 Å². The van der Waals surface area contributed by atoms with Crippen molar-refractivity contribution >= 4 is 28.8 Å². The number of rotatable bonds is 6. The Bertz CT molecular complexity index is 1230. The Morgan fingerprint density at radius 1 is 0.914 bits per heavy atom. The van der Waals surface area contributed by atoms with E-state index in [1.54, 1.807) is 38.4 Å². The number of amides is 1. The number of anilines is 1. The van der Waals surface area contributed by atoms with Crippen LogP contribution in [0.4, 0.5) is 15.8 Å². The van der Waals surface area contributed by atoms with E-state index in [9.17, 15) is 9.18 Å². The van der Waals surface area contributed by atoms with Crippen molar-refractivity contribution in [3.05, 3.63) is 90.2 Å². The smallest absolute Gasteiger partial charge is 0.252 e. The SMILES string of the molecule is CN=C(/C(N=Nc1ccc(F)cc1)=N/N(C(=O)C(C)(C)C)c1ccc(OC)cc1)c1ccccc1. The molecule has 180 valence electrons. The lowest BCUT2D eigenvalue weighted by atomic mass is 9.95. The van der Waals surface area contributed by atoms with Crippen LogP contribution in [0.5, 0.6) is 5.75 Å². The Labute approximate surface area is 204 Å². The van der Waals surface area contributed by atoms with Gasteiger partial charge in [-0.3, -0.25) is 9.79 Å². The van der Waals surface area contributed by atoms with Gasteiger partial charge in [-0.15, -0.1) is 15.3 Å². The summed E-state index contributed by atoms with van der Waals surface area (Å²) in [6.45, 7) is 5.44. The molecule has 35 heavy (non-hydrogen) atoms. The maximum atomic E-state index is 13.4. The van der Waals surface area contributed by atoms with Gasteiger partial charge in [0.2, 0.25) is 5.84 Å². The van der Waals surface area contributed by atoms with Crippen molar-refractivity contribution in [3.63, 3.8) is 0 Å². The van der Waals surface area contributed by atoms with Crippen molar-refractivity contribution in [2.24, 2.45) is 25.7 Å². The van der Waals surface area contributed by atoms with E-state index in [2.05, 4.69) is 20.3 Å². The lowest BCUT2D eigenvalue weighted by Gasteiger charge is -2.26. The molecule has 8 heteroatoms. The summed E-state index contributed by atoms with van der Waals surface area (Å²) in [6, 6.07) is 22.0. The highest BCUT2D eigenvalue weighted by Gasteiger charge is 2.30. The molecule has 0 unspecified atom stereocenters. The molecule has 0 aliphatic rings. The summed E-state index contributed by atoms with van der Waals surface area (Å²) in [5.41, 5.74) is 1.42. The lowest BCUT2D eigenvalue weighted by Crippen LogP contribution is -2.37. The predicted molar refractivity (Wildman–Crippen MR) is 137 cm³/mol. The Morgan fingerprint density at radius 3 is 2.09 bits per heavy atom. The summed E-state index contributed by atoms with van der Waals surface area (Å²) in [5.74, 6) is 0.147. The Balaban J connectivity index is 2.17. The Morgan fingerprint density at radius 2 is 1.54 bits per heavy atom. The second kappa shape index (κ2) is 11.3. The second-order valence-electron chi connectivity index (χ2n) is 8.60. The maximum Gasteiger partial charge on any atom is 0.252 e. The second-order valence-corrected chi connectivity index (χ2v) is 8.60. The van der Waals surface area contributed by atoms with Crippen LogP contribution in [0.1, 0.15) is 26.3 Å².